The van der Waals surface area contributed by atoms with Gasteiger partial charge in [-0.2, -0.15) is 0 Å². The van der Waals surface area contributed by atoms with Crippen LogP contribution in [0.2, 0.25) is 0 Å². The van der Waals surface area contributed by atoms with Gasteiger partial charge in [-0.05, 0) is 29.5 Å². The molecule has 2 aromatic carbocycles. The van der Waals surface area contributed by atoms with Crippen LogP contribution >= 0.6 is 12.4 Å². The normalized spacial score (nSPS) is 11.7. The summed E-state index contributed by atoms with van der Waals surface area (Å²) >= 11 is 0. The number of halogens is 1. The van der Waals surface area contributed by atoms with Crippen molar-refractivity contribution in [1.82, 2.24) is 0 Å². The van der Waals surface area contributed by atoms with Crippen LogP contribution < -0.4 is 5.73 Å². The molecule has 0 aliphatic rings. The highest BCUT2D eigenvalue weighted by Crippen LogP contribution is 2.22. The molecule has 0 saturated heterocycles. The maximum atomic E-state index is 8.80. The van der Waals surface area contributed by atoms with Crippen LogP contribution in [0.3, 0.4) is 0 Å². The SMILES string of the molecule is Cl.N[C@H](CCCO)c1ccc(-c2ccccc2)cc1. The van der Waals surface area contributed by atoms with Gasteiger partial charge in [-0.25, -0.2) is 0 Å². The van der Waals surface area contributed by atoms with Crippen molar-refractivity contribution in [1.29, 1.82) is 0 Å². The number of benzene rings is 2. The fraction of sp³-hybridized carbons (Fsp3) is 0.250. The third kappa shape index (κ3) is 4.35. The Morgan fingerprint density at radius 2 is 1.47 bits per heavy atom. The fourth-order valence-corrected chi connectivity index (χ4v) is 2.03. The average Bonchev–Trinajstić information content (AvgIpc) is 2.46. The molecule has 3 N–H and O–H groups in total. The van der Waals surface area contributed by atoms with Gasteiger partial charge < -0.3 is 10.8 Å². The minimum Gasteiger partial charge on any atom is -0.396 e. The van der Waals surface area contributed by atoms with Gasteiger partial charge in [0.05, 0.1) is 0 Å². The molecule has 2 aromatic rings. The first-order chi connectivity index (χ1) is 8.81. The van der Waals surface area contributed by atoms with E-state index in [9.17, 15) is 0 Å². The maximum Gasteiger partial charge on any atom is 0.0431 e. The van der Waals surface area contributed by atoms with Gasteiger partial charge in [-0.15, -0.1) is 12.4 Å². The molecule has 102 valence electrons. The molecule has 0 bridgehead atoms. The number of hydrogen-bond acceptors (Lipinski definition) is 2. The number of aliphatic hydroxyl groups excluding tert-OH is 1. The van der Waals surface area contributed by atoms with Gasteiger partial charge in [-0.3, -0.25) is 0 Å². The molecule has 0 aromatic heterocycles. The zero-order chi connectivity index (χ0) is 12.8. The van der Waals surface area contributed by atoms with Crippen molar-refractivity contribution in [2.24, 2.45) is 5.73 Å². The Bertz CT molecular complexity index is 470. The van der Waals surface area contributed by atoms with Gasteiger partial charge in [0.15, 0.2) is 0 Å². The van der Waals surface area contributed by atoms with Crippen LogP contribution in [0.5, 0.6) is 0 Å². The van der Waals surface area contributed by atoms with E-state index in [1.54, 1.807) is 0 Å². The van der Waals surface area contributed by atoms with Crippen molar-refractivity contribution in [2.45, 2.75) is 18.9 Å². The number of hydrogen-bond donors (Lipinski definition) is 2. The van der Waals surface area contributed by atoms with Crippen molar-refractivity contribution in [3.63, 3.8) is 0 Å². The predicted octanol–water partition coefficient (Wildman–Crippen LogP) is 3.55. The lowest BCUT2D eigenvalue weighted by Crippen LogP contribution is -2.10. The number of rotatable bonds is 5. The van der Waals surface area contributed by atoms with E-state index in [0.717, 1.165) is 18.4 Å². The smallest absolute Gasteiger partial charge is 0.0431 e. The minimum atomic E-state index is 0. The third-order valence-electron chi connectivity index (χ3n) is 3.12. The van der Waals surface area contributed by atoms with E-state index in [4.69, 9.17) is 10.8 Å². The van der Waals surface area contributed by atoms with Gasteiger partial charge in [0.25, 0.3) is 0 Å². The summed E-state index contributed by atoms with van der Waals surface area (Å²) in [5.41, 5.74) is 9.60. The molecule has 0 amide bonds. The van der Waals surface area contributed by atoms with Crippen LogP contribution in [0, 0.1) is 0 Å². The standard InChI is InChI=1S/C16H19NO.ClH/c17-16(7-4-12-18)15-10-8-14(9-11-15)13-5-2-1-3-6-13;/h1-3,5-6,8-11,16,18H,4,7,12,17H2;1H/t16-;/m1./s1. The van der Waals surface area contributed by atoms with Crippen molar-refractivity contribution < 1.29 is 5.11 Å². The van der Waals surface area contributed by atoms with Crippen LogP contribution in [0.4, 0.5) is 0 Å². The van der Waals surface area contributed by atoms with Crippen molar-refractivity contribution in [2.75, 3.05) is 6.61 Å². The Kier molecular flexibility index (Phi) is 6.57. The van der Waals surface area contributed by atoms with Gasteiger partial charge in [0.2, 0.25) is 0 Å². The van der Waals surface area contributed by atoms with E-state index >= 15 is 0 Å². The van der Waals surface area contributed by atoms with Gasteiger partial charge >= 0.3 is 0 Å². The molecule has 0 fully saturated rings. The molecule has 1 atom stereocenters. The molecule has 0 radical (unpaired) electrons. The molecule has 19 heavy (non-hydrogen) atoms. The monoisotopic (exact) mass is 277 g/mol. The van der Waals surface area contributed by atoms with Gasteiger partial charge in [0, 0.05) is 12.6 Å². The Morgan fingerprint density at radius 1 is 0.895 bits per heavy atom. The summed E-state index contributed by atoms with van der Waals surface area (Å²) in [6.45, 7) is 0.204. The molecule has 0 heterocycles. The Morgan fingerprint density at radius 3 is 2.05 bits per heavy atom. The molecule has 0 spiro atoms. The van der Waals surface area contributed by atoms with E-state index in [-0.39, 0.29) is 25.1 Å². The number of aliphatic hydroxyl groups is 1. The van der Waals surface area contributed by atoms with Crippen LogP contribution in [0.25, 0.3) is 11.1 Å². The van der Waals surface area contributed by atoms with Crippen LogP contribution in [0.1, 0.15) is 24.4 Å². The van der Waals surface area contributed by atoms with Gasteiger partial charge in [0.1, 0.15) is 0 Å². The second-order valence-corrected chi connectivity index (χ2v) is 4.46. The van der Waals surface area contributed by atoms with E-state index in [0.29, 0.717) is 0 Å². The molecular formula is C16H20ClNO. The number of nitrogens with two attached hydrogens (primary N) is 1. The van der Waals surface area contributed by atoms with Crippen LogP contribution in [-0.4, -0.2) is 11.7 Å². The maximum absolute atomic E-state index is 8.80. The molecule has 0 aliphatic heterocycles. The highest BCUT2D eigenvalue weighted by atomic mass is 35.5. The molecule has 2 rings (SSSR count). The summed E-state index contributed by atoms with van der Waals surface area (Å²) in [7, 11) is 0. The molecule has 2 nitrogen and oxygen atoms in total. The molecule has 0 unspecified atom stereocenters. The second kappa shape index (κ2) is 7.95. The Balaban J connectivity index is 0.00000180. The predicted molar refractivity (Wildman–Crippen MR) is 82.4 cm³/mol. The summed E-state index contributed by atoms with van der Waals surface area (Å²) in [6.07, 6.45) is 1.57. The fourth-order valence-electron chi connectivity index (χ4n) is 2.03. The molecule has 3 heteroatoms. The lowest BCUT2D eigenvalue weighted by atomic mass is 9.99. The van der Waals surface area contributed by atoms with Crippen molar-refractivity contribution in [3.05, 3.63) is 60.2 Å². The van der Waals surface area contributed by atoms with Crippen LogP contribution in [0.15, 0.2) is 54.6 Å². The zero-order valence-electron chi connectivity index (χ0n) is 10.8. The first kappa shape index (κ1) is 15.7. The van der Waals surface area contributed by atoms with Gasteiger partial charge in [-0.1, -0.05) is 54.6 Å². The lowest BCUT2D eigenvalue weighted by Gasteiger charge is -2.12. The second-order valence-electron chi connectivity index (χ2n) is 4.46. The first-order valence-electron chi connectivity index (χ1n) is 6.33. The summed E-state index contributed by atoms with van der Waals surface area (Å²) in [5.74, 6) is 0. The third-order valence-corrected chi connectivity index (χ3v) is 3.12. The molecule has 0 saturated carbocycles. The van der Waals surface area contributed by atoms with E-state index in [1.807, 2.05) is 18.2 Å². The highest BCUT2D eigenvalue weighted by Gasteiger charge is 2.05. The lowest BCUT2D eigenvalue weighted by molar-refractivity contribution is 0.280. The quantitative estimate of drug-likeness (QED) is 0.878. The summed E-state index contributed by atoms with van der Waals surface area (Å²) in [6, 6.07) is 18.7. The average molecular weight is 278 g/mol. The topological polar surface area (TPSA) is 46.2 Å². The van der Waals surface area contributed by atoms with Crippen molar-refractivity contribution in [3.8, 4) is 11.1 Å². The molecule has 0 aliphatic carbocycles. The highest BCUT2D eigenvalue weighted by molar-refractivity contribution is 5.85. The zero-order valence-corrected chi connectivity index (χ0v) is 11.6. The summed E-state index contributed by atoms with van der Waals surface area (Å²) < 4.78 is 0. The van der Waals surface area contributed by atoms with E-state index < -0.39 is 0 Å². The largest absolute Gasteiger partial charge is 0.396 e. The van der Waals surface area contributed by atoms with Crippen molar-refractivity contribution >= 4 is 12.4 Å². The minimum absolute atomic E-state index is 0. The van der Waals surface area contributed by atoms with Crippen LogP contribution in [-0.2, 0) is 0 Å². The first-order valence-corrected chi connectivity index (χ1v) is 6.33. The van der Waals surface area contributed by atoms with E-state index in [2.05, 4.69) is 36.4 Å². The Labute approximate surface area is 120 Å². The summed E-state index contributed by atoms with van der Waals surface area (Å²) in [4.78, 5) is 0. The van der Waals surface area contributed by atoms with E-state index in [1.165, 1.54) is 11.1 Å². The summed E-state index contributed by atoms with van der Waals surface area (Å²) in [5, 5.41) is 8.80. The molecular weight excluding hydrogens is 258 g/mol. The Hall–Kier alpha value is -1.35.